The zero-order valence-electron chi connectivity index (χ0n) is 22.8. The molecule has 3 heterocycles. The number of hydrogen-bond acceptors (Lipinski definition) is 13. The summed E-state index contributed by atoms with van der Waals surface area (Å²) in [7, 11) is -6.92. The van der Waals surface area contributed by atoms with Crippen LogP contribution in [0.3, 0.4) is 0 Å². The van der Waals surface area contributed by atoms with Crippen molar-refractivity contribution in [3.8, 4) is 0 Å². The molecule has 18 nitrogen and oxygen atoms in total. The molecule has 21 heteroatoms. The molecule has 0 bridgehead atoms. The summed E-state index contributed by atoms with van der Waals surface area (Å²) in [6.45, 7) is -1.96. The summed E-state index contributed by atoms with van der Waals surface area (Å²) < 4.78 is 56.1. The van der Waals surface area contributed by atoms with Crippen LogP contribution in [0.1, 0.15) is 31.9 Å². The molecule has 0 unspecified atom stereocenters. The smallest absolute Gasteiger partial charge is 0.369 e. The van der Waals surface area contributed by atoms with Gasteiger partial charge in [0.2, 0.25) is 5.28 Å². The maximum atomic E-state index is 12.9. The first-order valence-corrected chi connectivity index (χ1v) is 16.2. The number of aliphatic hydroxyl groups excluding tert-OH is 2. The van der Waals surface area contributed by atoms with Crippen LogP contribution in [0.25, 0.3) is 11.0 Å². The highest BCUT2D eigenvalue weighted by atomic mass is 35.5. The minimum Gasteiger partial charge on any atom is -0.387 e. The molecule has 4 rings (SSSR count). The summed E-state index contributed by atoms with van der Waals surface area (Å²) in [5.41, 5.74) is 0.172. The molecule has 236 valence electrons. The van der Waals surface area contributed by atoms with Crippen molar-refractivity contribution in [2.24, 2.45) is 0 Å². The Bertz CT molecular complexity index is 1450. The van der Waals surface area contributed by atoms with Gasteiger partial charge in [0, 0.05) is 27.2 Å². The van der Waals surface area contributed by atoms with Crippen LogP contribution in [0.5, 0.6) is 0 Å². The third-order valence-corrected chi connectivity index (χ3v) is 10.0. The monoisotopic (exact) mass is 657 g/mol. The normalized spacial score (nSPS) is 25.3. The summed E-state index contributed by atoms with van der Waals surface area (Å²) in [4.78, 5) is 41.5. The number of rotatable bonds is 12. The molecule has 1 saturated carbocycles. The predicted molar refractivity (Wildman–Crippen MR) is 145 cm³/mol. The average molecular weight is 658 g/mol. The summed E-state index contributed by atoms with van der Waals surface area (Å²) >= 11 is 6.16. The van der Waals surface area contributed by atoms with E-state index in [0.29, 0.717) is 15.5 Å². The fraction of sp³-hybridized carbons (Fsp3) is 0.714. The number of carbonyl (C=O) groups is 1. The fourth-order valence-corrected chi connectivity index (χ4v) is 6.39. The van der Waals surface area contributed by atoms with Crippen LogP contribution in [0, 0.1) is 0 Å². The Morgan fingerprint density at radius 3 is 2.52 bits per heavy atom. The Morgan fingerprint density at radius 2 is 1.93 bits per heavy atom. The number of nitrogens with one attached hydrogen (secondary N) is 2. The third kappa shape index (κ3) is 6.41. The van der Waals surface area contributed by atoms with Gasteiger partial charge in [-0.3, -0.25) is 9.36 Å². The van der Waals surface area contributed by atoms with Gasteiger partial charge in [0.1, 0.15) is 24.1 Å². The molecule has 0 spiro atoms. The molecule has 1 saturated heterocycles. The maximum Gasteiger partial charge on any atom is 0.369 e. The first-order valence-electron chi connectivity index (χ1n) is 12.7. The van der Waals surface area contributed by atoms with E-state index in [1.165, 1.54) is 15.6 Å². The Labute approximate surface area is 245 Å². The van der Waals surface area contributed by atoms with Crippen molar-refractivity contribution in [3.05, 3.63) is 11.5 Å². The van der Waals surface area contributed by atoms with Gasteiger partial charge in [-0.2, -0.15) is 27.8 Å². The molecule has 6 N–H and O–H groups in total. The molecule has 5 atom stereocenters. The average Bonchev–Trinajstić information content (AvgIpc) is 3.61. The van der Waals surface area contributed by atoms with Crippen molar-refractivity contribution >= 4 is 52.2 Å². The quantitative estimate of drug-likeness (QED) is 0.117. The highest BCUT2D eigenvalue weighted by molar-refractivity contribution is 7.87. The number of hydrogen-bond donors (Lipinski definition) is 6. The molecular weight excluding hydrogens is 625 g/mol. The summed E-state index contributed by atoms with van der Waals surface area (Å²) in [6, 6.07) is 0.186. The van der Waals surface area contributed by atoms with Gasteiger partial charge in [-0.25, -0.2) is 9.40 Å². The van der Waals surface area contributed by atoms with E-state index in [1.54, 1.807) is 0 Å². The Morgan fingerprint density at radius 1 is 1.26 bits per heavy atom. The topological polar surface area (TPSA) is 248 Å². The molecular formula is C21H33ClN7O11PS. The van der Waals surface area contributed by atoms with Crippen LogP contribution in [0.4, 0.5) is 5.82 Å². The first kappa shape index (κ1) is 32.9. The highest BCUT2D eigenvalue weighted by Gasteiger charge is 2.58. The first-order chi connectivity index (χ1) is 19.6. The Balaban J connectivity index is 1.59. The van der Waals surface area contributed by atoms with E-state index in [-0.39, 0.29) is 17.0 Å². The number of aromatic nitrogens is 4. The fourth-order valence-electron chi connectivity index (χ4n) is 4.70. The maximum absolute atomic E-state index is 12.9. The largest absolute Gasteiger partial charge is 0.387 e. The van der Waals surface area contributed by atoms with Crippen LogP contribution in [0.2, 0.25) is 5.28 Å². The standard InChI is InChI=1S/C21H33ClN7O11PS/c1-28(2)42(36,37)27-19(32)21(10-38-3,41(33,34)35)39-9-13-14(30)15(31)18(40-13)29-17-12(8-23-29)16(25-20(22)26-17)24-11-6-4-5-7-11/h8,11,13-15,18,30-31H,4-7,9-10H2,1-3H3,(H,27,32)(H,24,25,26)(H2,33,34,35)/t13-,14-,15-,18-,21+/m1/s1. The van der Waals surface area contributed by atoms with Crippen molar-refractivity contribution in [1.29, 1.82) is 0 Å². The minimum absolute atomic E-state index is 0.109. The van der Waals surface area contributed by atoms with E-state index in [0.717, 1.165) is 46.9 Å². The van der Waals surface area contributed by atoms with Crippen molar-refractivity contribution in [2.45, 2.75) is 61.6 Å². The lowest BCUT2D eigenvalue weighted by Gasteiger charge is -2.33. The van der Waals surface area contributed by atoms with Crippen molar-refractivity contribution < 1.29 is 52.0 Å². The lowest BCUT2D eigenvalue weighted by atomic mass is 10.1. The van der Waals surface area contributed by atoms with Gasteiger partial charge < -0.3 is 39.5 Å². The molecule has 0 aromatic carbocycles. The number of nitrogens with zero attached hydrogens (tertiary/aromatic N) is 5. The number of ether oxygens (including phenoxy) is 3. The summed E-state index contributed by atoms with van der Waals surface area (Å²) in [6.07, 6.45) is -0.703. The third-order valence-electron chi connectivity index (χ3n) is 7.05. The van der Waals surface area contributed by atoms with E-state index < -0.39 is 66.8 Å². The number of fused-ring (bicyclic) bond motifs is 1. The molecule has 2 aliphatic rings. The van der Waals surface area contributed by atoms with Gasteiger partial charge in [-0.1, -0.05) is 12.8 Å². The number of methoxy groups -OCH3 is 1. The van der Waals surface area contributed by atoms with E-state index in [1.807, 2.05) is 0 Å². The number of halogens is 1. The molecule has 1 aliphatic carbocycles. The van der Waals surface area contributed by atoms with E-state index in [4.69, 9.17) is 25.8 Å². The van der Waals surface area contributed by atoms with Gasteiger partial charge in [0.15, 0.2) is 11.9 Å². The van der Waals surface area contributed by atoms with Crippen LogP contribution in [-0.2, 0) is 33.8 Å². The second-order valence-electron chi connectivity index (χ2n) is 10.1. The lowest BCUT2D eigenvalue weighted by molar-refractivity contribution is -0.151. The minimum atomic E-state index is -5.61. The van der Waals surface area contributed by atoms with Crippen molar-refractivity contribution in [2.75, 3.05) is 39.7 Å². The Kier molecular flexibility index (Phi) is 9.81. The molecule has 2 aromatic heterocycles. The number of aliphatic hydroxyl groups is 2. The van der Waals surface area contributed by atoms with Gasteiger partial charge in [0.25, 0.3) is 11.2 Å². The molecule has 2 aromatic rings. The second-order valence-corrected chi connectivity index (χ2v) is 14.2. The summed E-state index contributed by atoms with van der Waals surface area (Å²) in [5, 5.41) is 26.3. The van der Waals surface area contributed by atoms with E-state index in [9.17, 15) is 37.8 Å². The van der Waals surface area contributed by atoms with Crippen molar-refractivity contribution in [3.63, 3.8) is 0 Å². The van der Waals surface area contributed by atoms with E-state index >= 15 is 0 Å². The highest BCUT2D eigenvalue weighted by Crippen LogP contribution is 2.52. The van der Waals surface area contributed by atoms with Crippen LogP contribution in [0.15, 0.2) is 6.20 Å². The molecule has 1 amide bonds. The number of anilines is 1. The molecule has 1 aliphatic heterocycles. The van der Waals surface area contributed by atoms with Crippen LogP contribution < -0.4 is 10.0 Å². The molecule has 0 radical (unpaired) electrons. The van der Waals surface area contributed by atoms with Crippen LogP contribution >= 0.6 is 19.2 Å². The van der Waals surface area contributed by atoms with E-state index in [2.05, 4.69) is 20.4 Å². The van der Waals surface area contributed by atoms with Gasteiger partial charge in [0.05, 0.1) is 24.8 Å². The van der Waals surface area contributed by atoms with Gasteiger partial charge in [-0.15, -0.1) is 0 Å². The number of amides is 1. The summed E-state index contributed by atoms with van der Waals surface area (Å²) in [5.74, 6) is -1.29. The number of carbonyl (C=O) groups excluding carboxylic acids is 1. The second kappa shape index (κ2) is 12.5. The van der Waals surface area contributed by atoms with Crippen molar-refractivity contribution in [1.82, 2.24) is 28.8 Å². The van der Waals surface area contributed by atoms with Gasteiger partial charge in [-0.05, 0) is 24.4 Å². The molecule has 2 fully saturated rings. The van der Waals surface area contributed by atoms with Crippen LogP contribution in [-0.4, -0.2) is 122 Å². The zero-order valence-corrected chi connectivity index (χ0v) is 25.3. The zero-order chi connectivity index (χ0) is 31.0. The lowest BCUT2D eigenvalue weighted by Crippen LogP contribution is -2.56. The SMILES string of the molecule is COC[C@@](OC[C@H]1O[C@@H](n2ncc3c(NC4CCCC4)nc(Cl)nc32)[C@H](O)[C@@H]1O)(C(=O)NS(=O)(=O)N(C)C)P(=O)(O)O. The predicted octanol–water partition coefficient (Wildman–Crippen LogP) is -1.09. The van der Waals surface area contributed by atoms with Gasteiger partial charge >= 0.3 is 17.8 Å². The molecule has 42 heavy (non-hydrogen) atoms. The Hall–Kier alpha value is -2.03.